The van der Waals surface area contributed by atoms with Crippen LogP contribution in [0.4, 0.5) is 5.69 Å². The molecule has 20 heteroatoms. The van der Waals surface area contributed by atoms with E-state index in [2.05, 4.69) is 15.0 Å². The van der Waals surface area contributed by atoms with Crippen LogP contribution >= 0.6 is 18.2 Å². The van der Waals surface area contributed by atoms with Gasteiger partial charge in [-0.25, -0.2) is 19.3 Å². The average Bonchev–Trinajstić information content (AvgIpc) is 3.68. The normalized spacial score (nSPS) is 28.0. The number of aromatic amines is 1. The number of ether oxygens (including phenoxy) is 4. The van der Waals surface area contributed by atoms with Gasteiger partial charge in [0.15, 0.2) is 18.2 Å². The Hall–Kier alpha value is -3.13. The Morgan fingerprint density at radius 2 is 1.96 bits per heavy atom. The van der Waals surface area contributed by atoms with Gasteiger partial charge in [0.25, 0.3) is 5.56 Å². The summed E-state index contributed by atoms with van der Waals surface area (Å²) in [6, 6.07) is 2.68. The molecule has 0 aliphatic carbocycles. The van der Waals surface area contributed by atoms with Crippen molar-refractivity contribution in [3.05, 3.63) is 51.7 Å². The Bertz CT molecular complexity index is 1730. The van der Waals surface area contributed by atoms with Crippen molar-refractivity contribution in [2.75, 3.05) is 25.4 Å². The highest BCUT2D eigenvalue weighted by Gasteiger charge is 2.52. The van der Waals surface area contributed by atoms with E-state index >= 15 is 0 Å². The van der Waals surface area contributed by atoms with Crippen LogP contribution in [0, 0.1) is 5.41 Å². The Labute approximate surface area is 265 Å². The maximum absolute atomic E-state index is 14.4. The Morgan fingerprint density at radius 1 is 1.20 bits per heavy atom. The number of anilines is 1. The first-order valence-corrected chi connectivity index (χ1v) is 17.2. The summed E-state index contributed by atoms with van der Waals surface area (Å²) >= 11 is 0.495. The first-order valence-electron chi connectivity index (χ1n) is 14.0. The smallest absolute Gasteiger partial charge is 0.395 e. The quantitative estimate of drug-likeness (QED) is 0.124. The largest absolute Gasteiger partial charge is 0.454 e. The molecule has 2 aliphatic heterocycles. The number of imidazole rings is 1. The van der Waals surface area contributed by atoms with Crippen molar-refractivity contribution in [1.29, 1.82) is 0 Å². The second kappa shape index (κ2) is 13.5. The number of carbonyl (C=O) groups is 1. The molecule has 3 aromatic rings. The standard InChI is InChI=1S/C26H35N6O12PS/c1-26(2,3)24(36)40-12-46-45(38,43-19-15(10-33)41-22(20(19)39-4)31-8-6-16(35)30-25(31)37)44-23-14(34)9-17(42-23)32-11-29-18-13(27)5-7-28-21(18)32/h5-8,11,14-15,17,19-20,22-23,33-34H,9-10,12H2,1-4H3,(H2,27,28)(H,30,35,37)/t14?,15-,17-,19?,20+,22-,23-,45?/m1/s1. The zero-order valence-corrected chi connectivity index (χ0v) is 27.0. The summed E-state index contributed by atoms with van der Waals surface area (Å²) in [6.45, 7) is -0.218. The van der Waals surface area contributed by atoms with Gasteiger partial charge in [-0.15, -0.1) is 0 Å². The number of nitrogens with two attached hydrogens (primary N) is 1. The molecule has 0 aromatic carbocycles. The molecule has 3 unspecified atom stereocenters. The molecular weight excluding hydrogens is 651 g/mol. The number of carbonyl (C=O) groups excluding carboxylic acids is 1. The van der Waals surface area contributed by atoms with Crippen LogP contribution < -0.4 is 17.0 Å². The van der Waals surface area contributed by atoms with Gasteiger partial charge in [0.05, 0.1) is 24.0 Å². The first kappa shape index (κ1) is 34.2. The van der Waals surface area contributed by atoms with Crippen LogP contribution in [0.5, 0.6) is 0 Å². The van der Waals surface area contributed by atoms with Crippen molar-refractivity contribution < 1.29 is 47.6 Å². The predicted molar refractivity (Wildman–Crippen MR) is 161 cm³/mol. The maximum atomic E-state index is 14.4. The molecule has 0 radical (unpaired) electrons. The van der Waals surface area contributed by atoms with E-state index in [0.717, 1.165) is 10.6 Å². The van der Waals surface area contributed by atoms with Crippen molar-refractivity contribution in [3.63, 3.8) is 0 Å². The van der Waals surface area contributed by atoms with Gasteiger partial charge < -0.3 is 34.9 Å². The third kappa shape index (κ3) is 7.07. The van der Waals surface area contributed by atoms with Crippen LogP contribution in [-0.2, 0) is 37.4 Å². The Morgan fingerprint density at radius 3 is 2.63 bits per heavy atom. The maximum Gasteiger partial charge on any atom is 0.395 e. The summed E-state index contributed by atoms with van der Waals surface area (Å²) < 4.78 is 51.4. The fourth-order valence-electron chi connectivity index (χ4n) is 4.86. The van der Waals surface area contributed by atoms with Crippen molar-refractivity contribution in [1.82, 2.24) is 24.1 Å². The summed E-state index contributed by atoms with van der Waals surface area (Å²) in [5, 5.41) is 21.0. The second-order valence-corrected chi connectivity index (χ2v) is 15.4. The van der Waals surface area contributed by atoms with Crippen molar-refractivity contribution >= 4 is 41.0 Å². The fraction of sp³-hybridized carbons (Fsp3) is 0.577. The highest BCUT2D eigenvalue weighted by Crippen LogP contribution is 2.64. The van der Waals surface area contributed by atoms with Crippen LogP contribution in [0.1, 0.15) is 39.6 Å². The topological polar surface area (TPSA) is 242 Å². The lowest BCUT2D eigenvalue weighted by Gasteiger charge is -2.29. The second-order valence-electron chi connectivity index (χ2n) is 11.5. The van der Waals surface area contributed by atoms with Crippen LogP contribution in [0.2, 0.25) is 0 Å². The highest BCUT2D eigenvalue weighted by molar-refractivity contribution is 8.55. The van der Waals surface area contributed by atoms with Crippen LogP contribution in [-0.4, -0.2) is 90.6 Å². The number of H-pyrrole nitrogens is 1. The third-order valence-electron chi connectivity index (χ3n) is 7.21. The number of nitrogens with one attached hydrogen (secondary N) is 1. The lowest BCUT2D eigenvalue weighted by Crippen LogP contribution is -2.40. The summed E-state index contributed by atoms with van der Waals surface area (Å²) in [6.07, 6.45) is -4.47. The summed E-state index contributed by atoms with van der Waals surface area (Å²) in [4.78, 5) is 47.2. The van der Waals surface area contributed by atoms with Gasteiger partial charge in [0.1, 0.15) is 42.1 Å². The van der Waals surface area contributed by atoms with E-state index in [0.29, 0.717) is 28.2 Å². The summed E-state index contributed by atoms with van der Waals surface area (Å²) in [5.41, 5.74) is 4.86. The third-order valence-corrected chi connectivity index (χ3v) is 10.5. The van der Waals surface area contributed by atoms with Gasteiger partial charge in [0, 0.05) is 43.4 Å². The van der Waals surface area contributed by atoms with E-state index in [1.165, 1.54) is 25.8 Å². The molecule has 252 valence electrons. The zero-order chi connectivity index (χ0) is 33.4. The molecule has 5 N–H and O–H groups in total. The number of esters is 1. The number of nitrogen functional groups attached to an aromatic ring is 1. The van der Waals surface area contributed by atoms with E-state index in [1.54, 1.807) is 31.4 Å². The number of nitrogens with zero attached hydrogens (tertiary/aromatic N) is 4. The molecule has 2 aliphatic rings. The fourth-order valence-corrected chi connectivity index (χ4v) is 7.79. The summed E-state index contributed by atoms with van der Waals surface area (Å²) in [7, 11) is 1.28. The molecule has 5 rings (SSSR count). The van der Waals surface area contributed by atoms with Gasteiger partial charge in [-0.05, 0) is 26.8 Å². The number of hydrogen-bond donors (Lipinski definition) is 4. The lowest BCUT2D eigenvalue weighted by atomic mass is 9.98. The predicted octanol–water partition coefficient (Wildman–Crippen LogP) is 0.864. The van der Waals surface area contributed by atoms with E-state index < -0.39 is 85.1 Å². The van der Waals surface area contributed by atoms with Crippen molar-refractivity contribution in [3.8, 4) is 0 Å². The monoisotopic (exact) mass is 686 g/mol. The molecule has 0 saturated carbocycles. The molecule has 46 heavy (non-hydrogen) atoms. The highest BCUT2D eigenvalue weighted by atomic mass is 32.7. The van der Waals surface area contributed by atoms with Gasteiger partial charge in [0.2, 0.25) is 0 Å². The molecule has 3 aromatic heterocycles. The van der Waals surface area contributed by atoms with Gasteiger partial charge in [-0.2, -0.15) is 0 Å². The molecule has 2 fully saturated rings. The molecule has 8 atom stereocenters. The number of aliphatic hydroxyl groups excluding tert-OH is 2. The lowest BCUT2D eigenvalue weighted by molar-refractivity contribution is -0.150. The number of hydrogen-bond acceptors (Lipinski definition) is 16. The molecule has 0 spiro atoms. The number of rotatable bonds is 11. The van der Waals surface area contributed by atoms with E-state index in [-0.39, 0.29) is 6.42 Å². The number of aromatic nitrogens is 5. The van der Waals surface area contributed by atoms with E-state index in [1.807, 2.05) is 0 Å². The van der Waals surface area contributed by atoms with Crippen LogP contribution in [0.25, 0.3) is 11.2 Å². The van der Waals surface area contributed by atoms with Gasteiger partial charge >= 0.3 is 18.5 Å². The van der Waals surface area contributed by atoms with Crippen LogP contribution in [0.3, 0.4) is 0 Å². The molecule has 5 heterocycles. The van der Waals surface area contributed by atoms with Crippen LogP contribution in [0.15, 0.2) is 40.4 Å². The number of aliphatic hydroxyl groups is 2. The minimum Gasteiger partial charge on any atom is -0.454 e. The Kier molecular flexibility index (Phi) is 10.1. The minimum atomic E-state index is -4.48. The molecule has 18 nitrogen and oxygen atoms in total. The van der Waals surface area contributed by atoms with Gasteiger partial charge in [-0.3, -0.25) is 32.8 Å². The van der Waals surface area contributed by atoms with E-state index in [9.17, 15) is 29.2 Å². The number of fused-ring (bicyclic) bond motifs is 1. The summed E-state index contributed by atoms with van der Waals surface area (Å²) in [5.74, 6) is -1.07. The molecular formula is C26H35N6O12PS. The van der Waals surface area contributed by atoms with Crippen molar-refractivity contribution in [2.45, 2.75) is 70.4 Å². The van der Waals surface area contributed by atoms with Crippen molar-refractivity contribution in [2.24, 2.45) is 5.41 Å². The minimum absolute atomic E-state index is 0.0139. The zero-order valence-electron chi connectivity index (χ0n) is 25.2. The number of methoxy groups -OCH3 is 1. The molecule has 2 saturated heterocycles. The van der Waals surface area contributed by atoms with Gasteiger partial charge in [-0.1, -0.05) is 0 Å². The van der Waals surface area contributed by atoms with E-state index in [4.69, 9.17) is 33.7 Å². The molecule has 0 bridgehead atoms. The SMILES string of the molecule is CO[C@H]1C(OP(=O)(O[C@H]2O[C@@H](n3cnc4c(N)ccnc43)CC2O)SCOC(=O)C(C)(C)C)[C@@H](CO)O[C@H]1n1ccc(=O)[nH]c1=O. The molecule has 0 amide bonds. The Balaban J connectivity index is 1.40. The number of pyridine rings is 1. The average molecular weight is 687 g/mol. The first-order chi connectivity index (χ1) is 21.7.